The molecule has 0 radical (unpaired) electrons. The zero-order valence-electron chi connectivity index (χ0n) is 14.4. The number of anilines is 1. The Balaban J connectivity index is 0.00000264. The van der Waals surface area contributed by atoms with E-state index in [-0.39, 0.29) is 36.8 Å². The molecule has 0 aromatic heterocycles. The van der Waals surface area contributed by atoms with Gasteiger partial charge < -0.3 is 20.7 Å². The topological polar surface area (TPSA) is 67.6 Å². The zero-order valence-corrected chi connectivity index (χ0v) is 16.0. The van der Waals surface area contributed by atoms with Gasteiger partial charge in [-0.05, 0) is 45.0 Å². The predicted octanol–water partition coefficient (Wildman–Crippen LogP) is 2.93. The minimum atomic E-state index is 0. The average molecular weight is 378 g/mol. The van der Waals surface area contributed by atoms with Gasteiger partial charge in [-0.15, -0.1) is 24.8 Å². The van der Waals surface area contributed by atoms with E-state index in [0.29, 0.717) is 18.9 Å². The van der Waals surface area contributed by atoms with Crippen molar-refractivity contribution < 1.29 is 9.53 Å². The van der Waals surface area contributed by atoms with Crippen molar-refractivity contribution >= 4 is 36.4 Å². The van der Waals surface area contributed by atoms with Gasteiger partial charge in [-0.25, -0.2) is 0 Å². The largest absolute Gasteiger partial charge is 0.492 e. The molecule has 1 aromatic rings. The lowest BCUT2D eigenvalue weighted by Gasteiger charge is -2.15. The predicted molar refractivity (Wildman–Crippen MR) is 104 cm³/mol. The minimum absolute atomic E-state index is 0. The first-order chi connectivity index (χ1) is 10.5. The van der Waals surface area contributed by atoms with Gasteiger partial charge in [0, 0.05) is 30.8 Å². The summed E-state index contributed by atoms with van der Waals surface area (Å²) < 4.78 is 5.68. The number of amides is 1. The van der Waals surface area contributed by atoms with E-state index in [2.05, 4.69) is 10.2 Å². The molecule has 0 spiro atoms. The van der Waals surface area contributed by atoms with Gasteiger partial charge >= 0.3 is 0 Å². The van der Waals surface area contributed by atoms with Gasteiger partial charge in [0.1, 0.15) is 12.4 Å². The fourth-order valence-electron chi connectivity index (χ4n) is 2.78. The Labute approximate surface area is 157 Å². The van der Waals surface area contributed by atoms with Gasteiger partial charge in [-0.1, -0.05) is 12.5 Å². The van der Waals surface area contributed by atoms with Crippen LogP contribution in [0.25, 0.3) is 0 Å². The van der Waals surface area contributed by atoms with Crippen LogP contribution in [0.2, 0.25) is 0 Å². The van der Waals surface area contributed by atoms with Crippen LogP contribution in [0.1, 0.15) is 25.7 Å². The van der Waals surface area contributed by atoms with Gasteiger partial charge in [-0.2, -0.15) is 0 Å². The molecule has 0 saturated heterocycles. The Hall–Kier alpha value is -1.01. The van der Waals surface area contributed by atoms with Crippen LogP contribution in [0, 0.1) is 5.92 Å². The van der Waals surface area contributed by atoms with Crippen molar-refractivity contribution in [1.29, 1.82) is 0 Å². The van der Waals surface area contributed by atoms with Crippen molar-refractivity contribution in [2.24, 2.45) is 11.7 Å². The van der Waals surface area contributed by atoms with E-state index >= 15 is 0 Å². The van der Waals surface area contributed by atoms with E-state index in [1.54, 1.807) is 0 Å². The van der Waals surface area contributed by atoms with E-state index in [4.69, 9.17) is 10.5 Å². The Morgan fingerprint density at radius 1 is 1.33 bits per heavy atom. The lowest BCUT2D eigenvalue weighted by molar-refractivity contribution is -0.117. The third-order valence-electron chi connectivity index (χ3n) is 4.09. The number of carbonyl (C=O) groups excluding carboxylic acids is 1. The first kappa shape index (κ1) is 23.0. The van der Waals surface area contributed by atoms with Crippen LogP contribution in [0.4, 0.5) is 5.69 Å². The number of ether oxygens (including phenoxy) is 1. The maximum atomic E-state index is 12.1. The molecule has 2 atom stereocenters. The summed E-state index contributed by atoms with van der Waals surface area (Å²) in [5.74, 6) is 1.13. The van der Waals surface area contributed by atoms with Crippen LogP contribution in [-0.2, 0) is 4.79 Å². The zero-order chi connectivity index (χ0) is 15.9. The number of nitrogens with one attached hydrogen (secondary N) is 1. The number of nitrogens with zero attached hydrogens (tertiary/aromatic N) is 1. The summed E-state index contributed by atoms with van der Waals surface area (Å²) in [4.78, 5) is 14.2. The fraction of sp³-hybridized carbons (Fsp3) is 0.588. The van der Waals surface area contributed by atoms with Crippen LogP contribution >= 0.6 is 24.8 Å². The molecule has 1 aliphatic carbocycles. The number of likely N-dealkylation sites (N-methyl/N-ethyl adjacent to an activating group) is 1. The van der Waals surface area contributed by atoms with Gasteiger partial charge in [0.2, 0.25) is 5.91 Å². The summed E-state index contributed by atoms with van der Waals surface area (Å²) in [5.41, 5.74) is 6.80. The standard InChI is InChI=1S/C17H27N3O2.2ClH/c1-20(2)9-10-22-15-7-4-6-14(12-15)19-17(21)11-13-5-3-8-16(13)18;;/h4,6-7,12-13,16H,3,5,8-11,18H2,1-2H3,(H,19,21);2*1H/t13-,16+;;/m0../s1. The Morgan fingerprint density at radius 3 is 2.71 bits per heavy atom. The molecule has 0 unspecified atom stereocenters. The highest BCUT2D eigenvalue weighted by Crippen LogP contribution is 2.27. The maximum Gasteiger partial charge on any atom is 0.224 e. The molecule has 3 N–H and O–H groups in total. The molecule has 0 aliphatic heterocycles. The number of benzene rings is 1. The first-order valence-electron chi connectivity index (χ1n) is 7.97. The summed E-state index contributed by atoms with van der Waals surface area (Å²) in [7, 11) is 4.02. The highest BCUT2D eigenvalue weighted by atomic mass is 35.5. The van der Waals surface area contributed by atoms with Crippen molar-refractivity contribution in [3.8, 4) is 5.75 Å². The van der Waals surface area contributed by atoms with E-state index < -0.39 is 0 Å². The quantitative estimate of drug-likeness (QED) is 0.766. The summed E-state index contributed by atoms with van der Waals surface area (Å²) in [5, 5.41) is 2.94. The number of hydrogen-bond acceptors (Lipinski definition) is 4. The van der Waals surface area contributed by atoms with Crippen LogP contribution in [-0.4, -0.2) is 44.1 Å². The SMILES string of the molecule is CN(C)CCOc1cccc(NC(=O)C[C@@H]2CCC[C@H]2N)c1.Cl.Cl. The van der Waals surface area contributed by atoms with Crippen LogP contribution in [0.15, 0.2) is 24.3 Å². The van der Waals surface area contributed by atoms with Crippen molar-refractivity contribution in [2.45, 2.75) is 31.7 Å². The third-order valence-corrected chi connectivity index (χ3v) is 4.09. The van der Waals surface area contributed by atoms with Gasteiger partial charge in [-0.3, -0.25) is 4.79 Å². The van der Waals surface area contributed by atoms with Crippen molar-refractivity contribution in [2.75, 3.05) is 32.6 Å². The molecule has 0 heterocycles. The highest BCUT2D eigenvalue weighted by molar-refractivity contribution is 5.91. The summed E-state index contributed by atoms with van der Waals surface area (Å²) >= 11 is 0. The molecule has 0 bridgehead atoms. The smallest absolute Gasteiger partial charge is 0.224 e. The molecule has 24 heavy (non-hydrogen) atoms. The molecule has 5 nitrogen and oxygen atoms in total. The van der Waals surface area contributed by atoms with Gasteiger partial charge in [0.05, 0.1) is 0 Å². The number of nitrogens with two attached hydrogens (primary N) is 1. The molecule has 1 aliphatic rings. The normalized spacial score (nSPS) is 19.3. The third kappa shape index (κ3) is 7.71. The fourth-order valence-corrected chi connectivity index (χ4v) is 2.78. The molecular formula is C17H29Cl2N3O2. The van der Waals surface area contributed by atoms with Crippen LogP contribution in [0.3, 0.4) is 0 Å². The molecule has 1 saturated carbocycles. The lowest BCUT2D eigenvalue weighted by atomic mass is 10.00. The maximum absolute atomic E-state index is 12.1. The van der Waals surface area contributed by atoms with E-state index in [9.17, 15) is 4.79 Å². The van der Waals surface area contributed by atoms with E-state index in [0.717, 1.165) is 37.2 Å². The summed E-state index contributed by atoms with van der Waals surface area (Å²) in [6.45, 7) is 1.48. The molecule has 7 heteroatoms. The van der Waals surface area contributed by atoms with Crippen molar-refractivity contribution in [3.63, 3.8) is 0 Å². The number of hydrogen-bond donors (Lipinski definition) is 2. The highest BCUT2D eigenvalue weighted by Gasteiger charge is 2.25. The van der Waals surface area contributed by atoms with Crippen molar-refractivity contribution in [1.82, 2.24) is 4.90 Å². The molecule has 2 rings (SSSR count). The van der Waals surface area contributed by atoms with E-state index in [1.807, 2.05) is 38.4 Å². The van der Waals surface area contributed by atoms with E-state index in [1.165, 1.54) is 0 Å². The molecule has 1 amide bonds. The second-order valence-corrected chi connectivity index (χ2v) is 6.29. The summed E-state index contributed by atoms with van der Waals surface area (Å²) in [6.07, 6.45) is 3.73. The summed E-state index contributed by atoms with van der Waals surface area (Å²) in [6, 6.07) is 7.71. The average Bonchev–Trinajstić information content (AvgIpc) is 2.84. The molecule has 138 valence electrons. The van der Waals surface area contributed by atoms with Crippen LogP contribution < -0.4 is 15.8 Å². The number of halogens is 2. The van der Waals surface area contributed by atoms with Gasteiger partial charge in [0.15, 0.2) is 0 Å². The number of rotatable bonds is 7. The Morgan fingerprint density at radius 2 is 2.08 bits per heavy atom. The second-order valence-electron chi connectivity index (χ2n) is 6.29. The second kappa shape index (κ2) is 11.5. The molecular weight excluding hydrogens is 349 g/mol. The lowest BCUT2D eigenvalue weighted by Crippen LogP contribution is -2.28. The van der Waals surface area contributed by atoms with Crippen LogP contribution in [0.5, 0.6) is 5.75 Å². The first-order valence-corrected chi connectivity index (χ1v) is 7.97. The monoisotopic (exact) mass is 377 g/mol. The Kier molecular flexibility index (Phi) is 11.0. The number of carbonyl (C=O) groups is 1. The Bertz CT molecular complexity index is 500. The molecule has 1 aromatic carbocycles. The van der Waals surface area contributed by atoms with Crippen molar-refractivity contribution in [3.05, 3.63) is 24.3 Å². The molecule has 1 fully saturated rings. The van der Waals surface area contributed by atoms with Gasteiger partial charge in [0.25, 0.3) is 0 Å². The minimum Gasteiger partial charge on any atom is -0.492 e.